The highest BCUT2D eigenvalue weighted by atomic mass is 32.2. The molecule has 0 amide bonds. The van der Waals surface area contributed by atoms with Crippen molar-refractivity contribution in [3.63, 3.8) is 0 Å². The van der Waals surface area contributed by atoms with Crippen LogP contribution < -0.4 is 4.72 Å². The summed E-state index contributed by atoms with van der Waals surface area (Å²) in [4.78, 5) is 1.70. The molecule has 4 nitrogen and oxygen atoms in total. The Morgan fingerprint density at radius 1 is 1.59 bits per heavy atom. The molecular formula is C11H17NO3S2. The van der Waals surface area contributed by atoms with Crippen molar-refractivity contribution in [1.29, 1.82) is 0 Å². The summed E-state index contributed by atoms with van der Waals surface area (Å²) in [7, 11) is -3.44. The van der Waals surface area contributed by atoms with E-state index in [0.29, 0.717) is 9.77 Å². The van der Waals surface area contributed by atoms with E-state index in [1.165, 1.54) is 11.3 Å². The summed E-state index contributed by atoms with van der Waals surface area (Å²) in [6, 6.07) is 1.59. The Hall–Kier alpha value is -0.430. The Morgan fingerprint density at radius 2 is 2.18 bits per heavy atom. The van der Waals surface area contributed by atoms with Crippen molar-refractivity contribution >= 4 is 21.4 Å². The van der Waals surface area contributed by atoms with Crippen LogP contribution in [0.5, 0.6) is 0 Å². The molecule has 1 atom stereocenters. The Bertz CT molecular complexity index is 531. The van der Waals surface area contributed by atoms with Gasteiger partial charge in [0.2, 0.25) is 10.0 Å². The second-order valence-electron chi connectivity index (χ2n) is 5.16. The van der Waals surface area contributed by atoms with Crippen molar-refractivity contribution < 1.29 is 13.5 Å². The minimum Gasteiger partial charge on any atom is -0.391 e. The molecule has 0 radical (unpaired) electrons. The number of sulfonamides is 1. The molecule has 1 heterocycles. The van der Waals surface area contributed by atoms with Gasteiger partial charge >= 0.3 is 0 Å². The van der Waals surface area contributed by atoms with Crippen molar-refractivity contribution in [3.8, 4) is 0 Å². The summed E-state index contributed by atoms with van der Waals surface area (Å²) in [5.41, 5.74) is 0.0663. The molecule has 2 N–H and O–H groups in total. The maximum Gasteiger partial charge on any atom is 0.241 e. The lowest BCUT2D eigenvalue weighted by Gasteiger charge is -2.07. The first-order valence-corrected chi connectivity index (χ1v) is 7.79. The van der Waals surface area contributed by atoms with Crippen molar-refractivity contribution in [1.82, 2.24) is 4.72 Å². The quantitative estimate of drug-likeness (QED) is 0.877. The molecule has 1 aromatic rings. The predicted molar refractivity (Wildman–Crippen MR) is 67.5 cm³/mol. The Kier molecular flexibility index (Phi) is 3.10. The van der Waals surface area contributed by atoms with E-state index in [-0.39, 0.29) is 18.1 Å². The first-order valence-electron chi connectivity index (χ1n) is 5.49. The van der Waals surface area contributed by atoms with Gasteiger partial charge in [0.05, 0.1) is 11.5 Å². The van der Waals surface area contributed by atoms with Crippen LogP contribution in [0.25, 0.3) is 0 Å². The SMILES string of the molecule is Cc1sc(CO)cc1S(=O)(=O)NC1CC1(C)C. The van der Waals surface area contributed by atoms with Crippen LogP contribution in [-0.2, 0) is 16.6 Å². The molecule has 1 fully saturated rings. The monoisotopic (exact) mass is 275 g/mol. The van der Waals surface area contributed by atoms with Crippen molar-refractivity contribution in [2.24, 2.45) is 5.41 Å². The number of aryl methyl sites for hydroxylation is 1. The molecule has 0 saturated heterocycles. The van der Waals surface area contributed by atoms with E-state index in [1.54, 1.807) is 13.0 Å². The van der Waals surface area contributed by atoms with Crippen LogP contribution in [0.2, 0.25) is 0 Å². The van der Waals surface area contributed by atoms with Crippen molar-refractivity contribution in [2.45, 2.75) is 44.7 Å². The van der Waals surface area contributed by atoms with E-state index in [2.05, 4.69) is 4.72 Å². The highest BCUT2D eigenvalue weighted by Crippen LogP contribution is 2.45. The molecule has 1 aliphatic rings. The topological polar surface area (TPSA) is 66.4 Å². The zero-order valence-electron chi connectivity index (χ0n) is 10.1. The fourth-order valence-electron chi connectivity index (χ4n) is 1.79. The van der Waals surface area contributed by atoms with Gasteiger partial charge in [-0.05, 0) is 24.8 Å². The first kappa shape index (κ1) is 13.0. The van der Waals surface area contributed by atoms with Gasteiger partial charge in [-0.25, -0.2) is 13.1 Å². The maximum atomic E-state index is 12.1. The van der Waals surface area contributed by atoms with Gasteiger partial charge in [0, 0.05) is 15.8 Å². The van der Waals surface area contributed by atoms with E-state index < -0.39 is 10.0 Å². The lowest BCUT2D eigenvalue weighted by atomic mass is 10.2. The third-order valence-electron chi connectivity index (χ3n) is 3.18. The molecule has 1 saturated carbocycles. The van der Waals surface area contributed by atoms with Crippen LogP contribution in [0.4, 0.5) is 0 Å². The minimum absolute atomic E-state index is 0.0318. The Labute approximate surface area is 106 Å². The van der Waals surface area contributed by atoms with Crippen LogP contribution in [0.3, 0.4) is 0 Å². The van der Waals surface area contributed by atoms with Crippen LogP contribution in [-0.4, -0.2) is 19.6 Å². The molecular weight excluding hydrogens is 258 g/mol. The summed E-state index contributed by atoms with van der Waals surface area (Å²) in [6.45, 7) is 5.73. The Morgan fingerprint density at radius 3 is 2.59 bits per heavy atom. The van der Waals surface area contributed by atoms with E-state index in [1.807, 2.05) is 13.8 Å². The van der Waals surface area contributed by atoms with E-state index in [9.17, 15) is 8.42 Å². The van der Waals surface area contributed by atoms with E-state index in [0.717, 1.165) is 11.3 Å². The Balaban J connectivity index is 2.23. The predicted octanol–water partition coefficient (Wildman–Crippen LogP) is 1.63. The zero-order chi connectivity index (χ0) is 12.8. The van der Waals surface area contributed by atoms with E-state index >= 15 is 0 Å². The third kappa shape index (κ3) is 2.54. The number of rotatable bonds is 4. The molecule has 0 aliphatic heterocycles. The zero-order valence-corrected chi connectivity index (χ0v) is 11.8. The molecule has 6 heteroatoms. The van der Waals surface area contributed by atoms with Crippen LogP contribution in [0, 0.1) is 12.3 Å². The minimum atomic E-state index is -3.44. The number of thiophene rings is 1. The lowest BCUT2D eigenvalue weighted by molar-refractivity contribution is 0.285. The van der Waals surface area contributed by atoms with Crippen LogP contribution >= 0.6 is 11.3 Å². The fraction of sp³-hybridized carbons (Fsp3) is 0.636. The van der Waals surface area contributed by atoms with Crippen molar-refractivity contribution in [3.05, 3.63) is 15.8 Å². The van der Waals surface area contributed by atoms with Crippen LogP contribution in [0.1, 0.15) is 30.0 Å². The average Bonchev–Trinajstić information content (AvgIpc) is 2.62. The van der Waals surface area contributed by atoms with Gasteiger partial charge < -0.3 is 5.11 Å². The van der Waals surface area contributed by atoms with Crippen molar-refractivity contribution in [2.75, 3.05) is 0 Å². The molecule has 2 rings (SSSR count). The summed E-state index contributed by atoms with van der Waals surface area (Å²) in [5, 5.41) is 9.01. The fourth-order valence-corrected chi connectivity index (χ4v) is 4.69. The second-order valence-corrected chi connectivity index (χ2v) is 8.18. The van der Waals surface area contributed by atoms with Gasteiger partial charge in [-0.15, -0.1) is 11.3 Å². The number of hydrogen-bond donors (Lipinski definition) is 2. The first-order chi connectivity index (χ1) is 7.76. The summed E-state index contributed by atoms with van der Waals surface area (Å²) >= 11 is 1.32. The van der Waals surface area contributed by atoms with E-state index in [4.69, 9.17) is 5.11 Å². The lowest BCUT2D eigenvalue weighted by Crippen LogP contribution is -2.28. The molecule has 0 aromatic carbocycles. The smallest absolute Gasteiger partial charge is 0.241 e. The van der Waals surface area contributed by atoms with Gasteiger partial charge in [0.25, 0.3) is 0 Å². The normalized spacial score (nSPS) is 22.7. The molecule has 1 aliphatic carbocycles. The summed E-state index contributed by atoms with van der Waals surface area (Å²) in [6.07, 6.45) is 0.877. The number of nitrogens with one attached hydrogen (secondary N) is 1. The summed E-state index contributed by atoms with van der Waals surface area (Å²) < 4.78 is 27.0. The number of aliphatic hydroxyl groups excluding tert-OH is 1. The maximum absolute atomic E-state index is 12.1. The summed E-state index contributed by atoms with van der Waals surface area (Å²) in [5.74, 6) is 0. The number of hydrogen-bond acceptors (Lipinski definition) is 4. The molecule has 96 valence electrons. The van der Waals surface area contributed by atoms with Gasteiger partial charge in [0.15, 0.2) is 0 Å². The largest absolute Gasteiger partial charge is 0.391 e. The van der Waals surface area contributed by atoms with Gasteiger partial charge in [-0.3, -0.25) is 0 Å². The molecule has 17 heavy (non-hydrogen) atoms. The highest BCUT2D eigenvalue weighted by molar-refractivity contribution is 7.89. The van der Waals surface area contributed by atoms with Crippen LogP contribution in [0.15, 0.2) is 11.0 Å². The van der Waals surface area contributed by atoms with Gasteiger partial charge in [-0.2, -0.15) is 0 Å². The molecule has 0 bridgehead atoms. The third-order valence-corrected chi connectivity index (χ3v) is 5.94. The molecule has 1 unspecified atom stereocenters. The average molecular weight is 275 g/mol. The second kappa shape index (κ2) is 4.05. The highest BCUT2D eigenvalue weighted by Gasteiger charge is 2.48. The molecule has 0 spiro atoms. The van der Waals surface area contributed by atoms with Gasteiger partial charge in [-0.1, -0.05) is 13.8 Å². The van der Waals surface area contributed by atoms with Gasteiger partial charge in [0.1, 0.15) is 0 Å². The number of aliphatic hydroxyl groups is 1. The standard InChI is InChI=1S/C11H17NO3S2/c1-7-9(4-8(6-13)16-7)17(14,15)12-10-5-11(10,2)3/h4,10,12-13H,5-6H2,1-3H3. The molecule has 1 aromatic heterocycles.